The van der Waals surface area contributed by atoms with Crippen LogP contribution in [0.1, 0.15) is 47.2 Å². The largest absolute Gasteiger partial charge is 0.422 e. The molecule has 0 radical (unpaired) electrons. The summed E-state index contributed by atoms with van der Waals surface area (Å²) >= 11 is 0. The Morgan fingerprint density at radius 2 is 1.88 bits per heavy atom. The van der Waals surface area contributed by atoms with Crippen LogP contribution >= 0.6 is 0 Å². The van der Waals surface area contributed by atoms with Gasteiger partial charge < -0.3 is 15.0 Å². The van der Waals surface area contributed by atoms with Gasteiger partial charge in [0.05, 0.1) is 29.5 Å². The average Bonchev–Trinajstić information content (AvgIpc) is 3.42. The molecule has 1 atom stereocenters. The maximum atomic E-state index is 10.0. The van der Waals surface area contributed by atoms with Crippen LogP contribution in [0.5, 0.6) is 5.88 Å². The van der Waals surface area contributed by atoms with Crippen molar-refractivity contribution >= 4 is 0 Å². The fourth-order valence-corrected chi connectivity index (χ4v) is 4.50. The standard InChI is InChI=1S/C26H22N6O/c27-15-21-23(18-6-8-19(9-7-18)31-13-12-29-16-31)24-22(14-17-4-2-1-3-5-17)30-32(20-10-11-20)26(24)33-25(21)28/h1-9,12-13,16,20,23H,10-11,14,28H2. The lowest BCUT2D eigenvalue weighted by atomic mass is 9.83. The lowest BCUT2D eigenvalue weighted by Crippen LogP contribution is -2.22. The van der Waals surface area contributed by atoms with Crippen molar-refractivity contribution in [3.63, 3.8) is 0 Å². The third-order valence-corrected chi connectivity index (χ3v) is 6.28. The summed E-state index contributed by atoms with van der Waals surface area (Å²) in [6.45, 7) is 0. The van der Waals surface area contributed by atoms with Crippen molar-refractivity contribution in [3.8, 4) is 17.6 Å². The molecule has 0 amide bonds. The summed E-state index contributed by atoms with van der Waals surface area (Å²) in [5.74, 6) is 0.493. The van der Waals surface area contributed by atoms with Crippen molar-refractivity contribution < 1.29 is 4.74 Å². The lowest BCUT2D eigenvalue weighted by Gasteiger charge is -2.25. The molecule has 0 bridgehead atoms. The van der Waals surface area contributed by atoms with E-state index in [4.69, 9.17) is 15.6 Å². The predicted octanol–water partition coefficient (Wildman–Crippen LogP) is 4.21. The zero-order valence-electron chi connectivity index (χ0n) is 17.9. The van der Waals surface area contributed by atoms with Gasteiger partial charge in [0.2, 0.25) is 11.8 Å². The molecule has 3 heterocycles. The second-order valence-corrected chi connectivity index (χ2v) is 8.49. The maximum absolute atomic E-state index is 10.0. The van der Waals surface area contributed by atoms with Crippen molar-refractivity contribution in [2.45, 2.75) is 31.2 Å². The summed E-state index contributed by atoms with van der Waals surface area (Å²) in [4.78, 5) is 4.12. The molecule has 1 unspecified atom stereocenters. The molecule has 1 aliphatic carbocycles. The fraction of sp³-hybridized carbons (Fsp3) is 0.192. The van der Waals surface area contributed by atoms with Crippen LogP contribution in [0.2, 0.25) is 0 Å². The molecule has 162 valence electrons. The number of rotatable bonds is 5. The molecule has 7 nitrogen and oxygen atoms in total. The third-order valence-electron chi connectivity index (χ3n) is 6.28. The second kappa shape index (κ2) is 7.68. The van der Waals surface area contributed by atoms with Gasteiger partial charge in [-0.15, -0.1) is 0 Å². The minimum atomic E-state index is -0.332. The first kappa shape index (κ1) is 19.4. The third kappa shape index (κ3) is 3.37. The highest BCUT2D eigenvalue weighted by molar-refractivity contribution is 5.57. The van der Waals surface area contributed by atoms with Gasteiger partial charge >= 0.3 is 0 Å². The molecule has 6 rings (SSSR count). The van der Waals surface area contributed by atoms with E-state index in [1.165, 1.54) is 0 Å². The van der Waals surface area contributed by atoms with Crippen LogP contribution in [0.3, 0.4) is 0 Å². The summed E-state index contributed by atoms with van der Waals surface area (Å²) < 4.78 is 9.96. The number of imidazole rings is 1. The van der Waals surface area contributed by atoms with Gasteiger partial charge in [-0.25, -0.2) is 9.67 Å². The van der Waals surface area contributed by atoms with E-state index in [9.17, 15) is 5.26 Å². The van der Waals surface area contributed by atoms with E-state index in [0.29, 0.717) is 23.9 Å². The van der Waals surface area contributed by atoms with E-state index in [-0.39, 0.29) is 11.8 Å². The summed E-state index contributed by atoms with van der Waals surface area (Å²) in [6.07, 6.45) is 8.21. The Bertz CT molecular complexity index is 1370. The van der Waals surface area contributed by atoms with Crippen LogP contribution in [-0.4, -0.2) is 19.3 Å². The first-order valence-corrected chi connectivity index (χ1v) is 11.0. The molecular formula is C26H22N6O. The average molecular weight is 435 g/mol. The number of ether oxygens (including phenoxy) is 1. The zero-order chi connectivity index (χ0) is 22.4. The van der Waals surface area contributed by atoms with Crippen LogP contribution in [0.25, 0.3) is 5.69 Å². The van der Waals surface area contributed by atoms with Crippen molar-refractivity contribution in [1.29, 1.82) is 5.26 Å². The zero-order valence-corrected chi connectivity index (χ0v) is 17.9. The van der Waals surface area contributed by atoms with E-state index in [1.54, 1.807) is 12.5 Å². The molecule has 2 aliphatic rings. The molecule has 2 aromatic heterocycles. The Kier molecular flexibility index (Phi) is 4.51. The van der Waals surface area contributed by atoms with Crippen molar-refractivity contribution in [1.82, 2.24) is 19.3 Å². The maximum Gasteiger partial charge on any atom is 0.224 e. The lowest BCUT2D eigenvalue weighted by molar-refractivity contribution is 0.347. The summed E-state index contributed by atoms with van der Waals surface area (Å²) in [5.41, 5.74) is 11.7. The molecule has 2 aromatic carbocycles. The molecule has 33 heavy (non-hydrogen) atoms. The van der Waals surface area contributed by atoms with Gasteiger partial charge in [-0.1, -0.05) is 42.5 Å². The highest BCUT2D eigenvalue weighted by Gasteiger charge is 2.40. The molecule has 1 aliphatic heterocycles. The van der Waals surface area contributed by atoms with Crippen LogP contribution in [-0.2, 0) is 6.42 Å². The quantitative estimate of drug-likeness (QED) is 0.508. The minimum Gasteiger partial charge on any atom is -0.422 e. The van der Waals surface area contributed by atoms with Crippen LogP contribution in [0.15, 0.2) is 84.8 Å². The number of nitrogens with two attached hydrogens (primary N) is 1. The number of fused-ring (bicyclic) bond motifs is 1. The first-order chi connectivity index (χ1) is 16.2. The van der Waals surface area contributed by atoms with Crippen molar-refractivity contribution in [3.05, 3.63) is 107 Å². The number of nitriles is 1. The summed E-state index contributed by atoms with van der Waals surface area (Å²) in [5, 5.41) is 15.0. The number of hydrogen-bond donors (Lipinski definition) is 1. The molecule has 1 fully saturated rings. The molecule has 0 saturated heterocycles. The van der Waals surface area contributed by atoms with E-state index in [2.05, 4.69) is 23.2 Å². The Balaban J connectivity index is 1.49. The predicted molar refractivity (Wildman–Crippen MR) is 123 cm³/mol. The molecule has 4 aromatic rings. The van der Waals surface area contributed by atoms with Gasteiger partial charge in [0.1, 0.15) is 11.6 Å². The number of allylic oxidation sites excluding steroid dienone is 1. The van der Waals surface area contributed by atoms with Gasteiger partial charge in [0, 0.05) is 24.5 Å². The number of aromatic nitrogens is 4. The Labute approximate surface area is 191 Å². The second-order valence-electron chi connectivity index (χ2n) is 8.49. The molecule has 0 spiro atoms. The number of nitrogens with zero attached hydrogens (tertiary/aromatic N) is 5. The van der Waals surface area contributed by atoms with Crippen LogP contribution < -0.4 is 10.5 Å². The highest BCUT2D eigenvalue weighted by Crippen LogP contribution is 2.48. The normalized spacial score (nSPS) is 17.4. The number of benzene rings is 2. The highest BCUT2D eigenvalue weighted by atomic mass is 16.5. The van der Waals surface area contributed by atoms with E-state index >= 15 is 0 Å². The summed E-state index contributed by atoms with van der Waals surface area (Å²) in [7, 11) is 0. The molecule has 2 N–H and O–H groups in total. The van der Waals surface area contributed by atoms with E-state index < -0.39 is 0 Å². The summed E-state index contributed by atoms with van der Waals surface area (Å²) in [6, 6.07) is 21.0. The fourth-order valence-electron chi connectivity index (χ4n) is 4.50. The molecule has 7 heteroatoms. The van der Waals surface area contributed by atoms with Crippen molar-refractivity contribution in [2.24, 2.45) is 5.73 Å². The van der Waals surface area contributed by atoms with Gasteiger partial charge in [-0.05, 0) is 36.1 Å². The monoisotopic (exact) mass is 434 g/mol. The van der Waals surface area contributed by atoms with E-state index in [1.807, 2.05) is 57.9 Å². The van der Waals surface area contributed by atoms with Gasteiger partial charge in [-0.3, -0.25) is 0 Å². The Hall–Kier alpha value is -4.31. The smallest absolute Gasteiger partial charge is 0.224 e. The Morgan fingerprint density at radius 1 is 1.09 bits per heavy atom. The van der Waals surface area contributed by atoms with Gasteiger partial charge in [-0.2, -0.15) is 10.4 Å². The Morgan fingerprint density at radius 3 is 2.55 bits per heavy atom. The minimum absolute atomic E-state index is 0.154. The van der Waals surface area contributed by atoms with E-state index in [0.717, 1.165) is 40.9 Å². The SMILES string of the molecule is N#CC1=C(N)Oc2c(c(Cc3ccccc3)nn2C2CC2)C1c1ccc(-n2ccnc2)cc1. The molecular weight excluding hydrogens is 412 g/mol. The van der Waals surface area contributed by atoms with Gasteiger partial charge in [0.25, 0.3) is 0 Å². The van der Waals surface area contributed by atoms with Crippen molar-refractivity contribution in [2.75, 3.05) is 0 Å². The molecule has 1 saturated carbocycles. The number of hydrogen-bond acceptors (Lipinski definition) is 5. The van der Waals surface area contributed by atoms with Crippen LogP contribution in [0, 0.1) is 11.3 Å². The van der Waals surface area contributed by atoms with Crippen LogP contribution in [0.4, 0.5) is 0 Å². The first-order valence-electron chi connectivity index (χ1n) is 11.0. The topological polar surface area (TPSA) is 94.7 Å². The van der Waals surface area contributed by atoms with Gasteiger partial charge in [0.15, 0.2) is 0 Å².